The predicted octanol–water partition coefficient (Wildman–Crippen LogP) is 2.18. The first-order valence-electron chi connectivity index (χ1n) is 5.86. The molecule has 98 valence electrons. The molecule has 0 aliphatic carbocycles. The molecule has 1 aliphatic heterocycles. The van der Waals surface area contributed by atoms with Gasteiger partial charge in [0.05, 0.1) is 6.61 Å². The number of aliphatic carboxylic acids is 1. The molecule has 0 spiro atoms. The normalized spacial score (nSPS) is 15.3. The summed E-state index contributed by atoms with van der Waals surface area (Å²) in [5, 5.41) is 9.65. The number of carbonyl (C=O) groups is 1. The van der Waals surface area contributed by atoms with E-state index < -0.39 is 12.0 Å². The average molecular weight is 270 g/mol. The Bertz CT molecular complexity index is 476. The van der Waals surface area contributed by atoms with E-state index in [2.05, 4.69) is 0 Å². The Morgan fingerprint density at radius 2 is 2.33 bits per heavy atom. The molecule has 4 nitrogen and oxygen atoms in total. The minimum atomic E-state index is -0.836. The van der Waals surface area contributed by atoms with Crippen LogP contribution in [0.4, 0.5) is 0 Å². The van der Waals surface area contributed by atoms with Gasteiger partial charge in [0.15, 0.2) is 0 Å². The molecule has 18 heavy (non-hydrogen) atoms. The second kappa shape index (κ2) is 5.16. The lowest BCUT2D eigenvalue weighted by molar-refractivity contribution is -0.142. The number of ether oxygens (including phenoxy) is 1. The van der Waals surface area contributed by atoms with Crippen molar-refractivity contribution in [3.05, 3.63) is 28.3 Å². The van der Waals surface area contributed by atoms with Crippen molar-refractivity contribution in [3.8, 4) is 5.75 Å². The molecule has 1 unspecified atom stereocenters. The van der Waals surface area contributed by atoms with Crippen molar-refractivity contribution in [2.24, 2.45) is 0 Å². The molecule has 1 N–H and O–H groups in total. The molecule has 1 aliphatic rings. The minimum absolute atomic E-state index is 0.510. The number of carboxylic acids is 1. The number of halogens is 1. The van der Waals surface area contributed by atoms with Gasteiger partial charge in [0.2, 0.25) is 0 Å². The Hall–Kier alpha value is -1.26. The van der Waals surface area contributed by atoms with E-state index >= 15 is 0 Å². The molecule has 0 saturated carbocycles. The highest BCUT2D eigenvalue weighted by Crippen LogP contribution is 2.33. The summed E-state index contributed by atoms with van der Waals surface area (Å²) in [5.74, 6) is 0.0286. The zero-order chi connectivity index (χ0) is 13.3. The summed E-state index contributed by atoms with van der Waals surface area (Å²) in [6, 6.07) is 3.21. The molecule has 0 bridgehead atoms. The SMILES string of the molecule is CC(C(=O)O)N(C)Cc1cc(Cl)cc2c1OCC2. The van der Waals surface area contributed by atoms with E-state index in [0.717, 1.165) is 23.3 Å². The van der Waals surface area contributed by atoms with Crippen molar-refractivity contribution in [2.45, 2.75) is 25.9 Å². The van der Waals surface area contributed by atoms with Crippen LogP contribution in [0.1, 0.15) is 18.1 Å². The van der Waals surface area contributed by atoms with E-state index in [9.17, 15) is 4.79 Å². The predicted molar refractivity (Wildman–Crippen MR) is 69.2 cm³/mol. The monoisotopic (exact) mass is 269 g/mol. The van der Waals surface area contributed by atoms with Crippen molar-refractivity contribution in [2.75, 3.05) is 13.7 Å². The van der Waals surface area contributed by atoms with Crippen LogP contribution in [-0.2, 0) is 17.8 Å². The summed E-state index contributed by atoms with van der Waals surface area (Å²) < 4.78 is 5.59. The molecule has 0 fully saturated rings. The summed E-state index contributed by atoms with van der Waals surface area (Å²) in [7, 11) is 1.78. The van der Waals surface area contributed by atoms with Crippen molar-refractivity contribution >= 4 is 17.6 Å². The smallest absolute Gasteiger partial charge is 0.320 e. The van der Waals surface area contributed by atoms with Crippen LogP contribution in [0.3, 0.4) is 0 Å². The highest BCUT2D eigenvalue weighted by molar-refractivity contribution is 6.30. The first-order chi connectivity index (χ1) is 8.49. The highest BCUT2D eigenvalue weighted by Gasteiger charge is 2.22. The van der Waals surface area contributed by atoms with Crippen LogP contribution in [0, 0.1) is 0 Å². The third-order valence-electron chi connectivity index (χ3n) is 3.26. The van der Waals surface area contributed by atoms with Gasteiger partial charge in [0.25, 0.3) is 0 Å². The standard InChI is InChI=1S/C13H16ClNO3/c1-8(13(16)17)15(2)7-10-6-11(14)5-9-3-4-18-12(9)10/h5-6,8H,3-4,7H2,1-2H3,(H,16,17). The number of nitrogens with zero attached hydrogens (tertiary/aromatic N) is 1. The summed E-state index contributed by atoms with van der Waals surface area (Å²) in [4.78, 5) is 12.7. The van der Waals surface area contributed by atoms with Crippen LogP contribution in [0.2, 0.25) is 5.02 Å². The molecule has 1 aromatic carbocycles. The number of hydrogen-bond donors (Lipinski definition) is 1. The molecular formula is C13H16ClNO3. The quantitative estimate of drug-likeness (QED) is 0.910. The lowest BCUT2D eigenvalue weighted by Crippen LogP contribution is -2.35. The molecule has 1 aromatic rings. The van der Waals surface area contributed by atoms with Crippen molar-refractivity contribution in [1.29, 1.82) is 0 Å². The Kier molecular flexibility index (Phi) is 3.78. The van der Waals surface area contributed by atoms with Crippen molar-refractivity contribution in [1.82, 2.24) is 4.90 Å². The van der Waals surface area contributed by atoms with Gasteiger partial charge >= 0.3 is 5.97 Å². The highest BCUT2D eigenvalue weighted by atomic mass is 35.5. The molecule has 2 rings (SSSR count). The van der Waals surface area contributed by atoms with Gasteiger partial charge in [-0.1, -0.05) is 11.6 Å². The Morgan fingerprint density at radius 1 is 1.61 bits per heavy atom. The number of carboxylic acid groups (broad SMARTS) is 1. The van der Waals surface area contributed by atoms with Gasteiger partial charge in [-0.3, -0.25) is 9.69 Å². The van der Waals surface area contributed by atoms with Crippen molar-refractivity contribution in [3.63, 3.8) is 0 Å². The van der Waals surface area contributed by atoms with E-state index in [1.54, 1.807) is 18.9 Å². The average Bonchev–Trinajstić information content (AvgIpc) is 2.75. The molecule has 1 heterocycles. The van der Waals surface area contributed by atoms with Gasteiger partial charge in [-0.2, -0.15) is 0 Å². The second-order valence-electron chi connectivity index (χ2n) is 4.58. The number of likely N-dealkylation sites (N-methyl/N-ethyl adjacent to an activating group) is 1. The maximum Gasteiger partial charge on any atom is 0.320 e. The van der Waals surface area contributed by atoms with Crippen LogP contribution in [0.5, 0.6) is 5.75 Å². The molecule has 0 saturated heterocycles. The minimum Gasteiger partial charge on any atom is -0.493 e. The second-order valence-corrected chi connectivity index (χ2v) is 5.02. The van der Waals surface area contributed by atoms with E-state index in [1.807, 2.05) is 12.1 Å². The summed E-state index contributed by atoms with van der Waals surface area (Å²) in [5.41, 5.74) is 2.06. The lowest BCUT2D eigenvalue weighted by atomic mass is 10.1. The van der Waals surface area contributed by atoms with Crippen molar-refractivity contribution < 1.29 is 14.6 Å². The fourth-order valence-corrected chi connectivity index (χ4v) is 2.32. The van der Waals surface area contributed by atoms with E-state index in [0.29, 0.717) is 18.2 Å². The third kappa shape index (κ3) is 2.60. The first kappa shape index (κ1) is 13.2. The third-order valence-corrected chi connectivity index (χ3v) is 3.48. The molecule has 0 radical (unpaired) electrons. The largest absolute Gasteiger partial charge is 0.493 e. The Morgan fingerprint density at radius 3 is 3.00 bits per heavy atom. The Labute approximate surface area is 111 Å². The molecule has 5 heteroatoms. The van der Waals surface area contributed by atoms with Gasteiger partial charge < -0.3 is 9.84 Å². The molecule has 0 aromatic heterocycles. The van der Waals surface area contributed by atoms with Crippen LogP contribution < -0.4 is 4.74 Å². The van der Waals surface area contributed by atoms with E-state index in [1.165, 1.54) is 0 Å². The number of benzene rings is 1. The fourth-order valence-electron chi connectivity index (χ4n) is 2.06. The number of hydrogen-bond acceptors (Lipinski definition) is 3. The summed E-state index contributed by atoms with van der Waals surface area (Å²) >= 11 is 6.06. The maximum atomic E-state index is 10.9. The fraction of sp³-hybridized carbons (Fsp3) is 0.462. The van der Waals surface area contributed by atoms with Crippen LogP contribution in [-0.4, -0.2) is 35.7 Å². The zero-order valence-electron chi connectivity index (χ0n) is 10.4. The molecule has 0 amide bonds. The number of rotatable bonds is 4. The van der Waals surface area contributed by atoms with Crippen LogP contribution in [0.15, 0.2) is 12.1 Å². The van der Waals surface area contributed by atoms with Crippen LogP contribution in [0.25, 0.3) is 0 Å². The molecule has 1 atom stereocenters. The molecular weight excluding hydrogens is 254 g/mol. The summed E-state index contributed by atoms with van der Waals surface area (Å²) in [6.45, 7) is 2.84. The maximum absolute atomic E-state index is 10.9. The first-order valence-corrected chi connectivity index (χ1v) is 6.24. The topological polar surface area (TPSA) is 49.8 Å². The van der Waals surface area contributed by atoms with Gasteiger partial charge in [-0.25, -0.2) is 0 Å². The number of fused-ring (bicyclic) bond motifs is 1. The van der Waals surface area contributed by atoms with E-state index in [4.69, 9.17) is 21.4 Å². The Balaban J connectivity index is 2.22. The van der Waals surface area contributed by atoms with Gasteiger partial charge in [-0.15, -0.1) is 0 Å². The van der Waals surface area contributed by atoms with Gasteiger partial charge in [0, 0.05) is 23.6 Å². The van der Waals surface area contributed by atoms with E-state index in [-0.39, 0.29) is 0 Å². The van der Waals surface area contributed by atoms with Gasteiger partial charge in [0.1, 0.15) is 11.8 Å². The zero-order valence-corrected chi connectivity index (χ0v) is 11.2. The van der Waals surface area contributed by atoms with Crippen LogP contribution >= 0.6 is 11.6 Å². The summed E-state index contributed by atoms with van der Waals surface area (Å²) in [6.07, 6.45) is 0.862. The lowest BCUT2D eigenvalue weighted by Gasteiger charge is -2.22. The van der Waals surface area contributed by atoms with Gasteiger partial charge in [-0.05, 0) is 31.7 Å².